The smallest absolute Gasteiger partial charge is 0.264 e. The van der Waals surface area contributed by atoms with Crippen LogP contribution in [0.25, 0.3) is 0 Å². The Morgan fingerprint density at radius 3 is 2.86 bits per heavy atom. The molecule has 1 amide bonds. The van der Waals surface area contributed by atoms with E-state index < -0.39 is 10.0 Å². The van der Waals surface area contributed by atoms with Crippen molar-refractivity contribution in [3.63, 3.8) is 0 Å². The maximum atomic E-state index is 12.8. The molecule has 22 heavy (non-hydrogen) atoms. The lowest BCUT2D eigenvalue weighted by molar-refractivity contribution is 0.0754. The standard InChI is InChI=1S/C15H22N2O3S2/c1-16-22(19,20)10-12-6-4-8-17(12)15(18)14-9-11-5-2-3-7-13(11)21-14/h9,12,16H,2-8,10H2,1H3/t12-/m0/s1. The molecule has 1 aliphatic heterocycles. The normalized spacial score (nSPS) is 21.9. The van der Waals surface area contributed by atoms with E-state index in [0.29, 0.717) is 6.54 Å². The SMILES string of the molecule is CNS(=O)(=O)C[C@@H]1CCCN1C(=O)c1cc2c(s1)CCCC2. The van der Waals surface area contributed by atoms with Crippen molar-refractivity contribution < 1.29 is 13.2 Å². The summed E-state index contributed by atoms with van der Waals surface area (Å²) in [6.07, 6.45) is 6.18. The fourth-order valence-corrected chi connectivity index (χ4v) is 5.58. The molecule has 0 saturated carbocycles. The topological polar surface area (TPSA) is 66.5 Å². The molecule has 1 N–H and O–H groups in total. The second-order valence-electron chi connectivity index (χ2n) is 6.05. The van der Waals surface area contributed by atoms with Crippen LogP contribution >= 0.6 is 11.3 Å². The molecule has 0 aromatic carbocycles. The summed E-state index contributed by atoms with van der Waals surface area (Å²) in [6.45, 7) is 0.658. The summed E-state index contributed by atoms with van der Waals surface area (Å²) in [5, 5.41) is 0. The second-order valence-corrected chi connectivity index (χ2v) is 9.15. The molecule has 5 nitrogen and oxygen atoms in total. The molecule has 1 aromatic rings. The molecule has 0 radical (unpaired) electrons. The van der Waals surface area contributed by atoms with Gasteiger partial charge in [-0.25, -0.2) is 13.1 Å². The van der Waals surface area contributed by atoms with Crippen molar-refractivity contribution in [2.45, 2.75) is 44.6 Å². The highest BCUT2D eigenvalue weighted by Gasteiger charge is 2.33. The first-order valence-electron chi connectivity index (χ1n) is 7.84. The predicted molar refractivity (Wildman–Crippen MR) is 87.9 cm³/mol. The number of nitrogens with one attached hydrogen (secondary N) is 1. The minimum atomic E-state index is -3.29. The van der Waals surface area contributed by atoms with Gasteiger partial charge in [0.25, 0.3) is 5.91 Å². The maximum absolute atomic E-state index is 12.8. The third kappa shape index (κ3) is 3.21. The van der Waals surface area contributed by atoms with Crippen molar-refractivity contribution in [1.29, 1.82) is 0 Å². The van der Waals surface area contributed by atoms with Gasteiger partial charge in [0.1, 0.15) is 0 Å². The molecule has 1 aromatic heterocycles. The highest BCUT2D eigenvalue weighted by Crippen LogP contribution is 2.32. The van der Waals surface area contributed by atoms with E-state index in [2.05, 4.69) is 4.72 Å². The number of carbonyl (C=O) groups is 1. The molecule has 2 heterocycles. The van der Waals surface area contributed by atoms with Gasteiger partial charge in [0.15, 0.2) is 0 Å². The van der Waals surface area contributed by atoms with Crippen molar-refractivity contribution in [2.75, 3.05) is 19.3 Å². The van der Waals surface area contributed by atoms with E-state index in [9.17, 15) is 13.2 Å². The molecular weight excluding hydrogens is 320 g/mol. The number of sulfonamides is 1. The molecular formula is C15H22N2O3S2. The summed E-state index contributed by atoms with van der Waals surface area (Å²) in [6, 6.07) is 1.83. The second kappa shape index (κ2) is 6.29. The van der Waals surface area contributed by atoms with Gasteiger partial charge < -0.3 is 4.90 Å². The Labute approximate surface area is 135 Å². The third-order valence-corrected chi connectivity index (χ3v) is 7.24. The number of likely N-dealkylation sites (tertiary alicyclic amines) is 1. The van der Waals surface area contributed by atoms with Gasteiger partial charge in [0.2, 0.25) is 10.0 Å². The van der Waals surface area contributed by atoms with Crippen LogP contribution < -0.4 is 4.72 Å². The maximum Gasteiger partial charge on any atom is 0.264 e. The quantitative estimate of drug-likeness (QED) is 0.907. The number of rotatable bonds is 4. The molecule has 122 valence electrons. The molecule has 7 heteroatoms. The van der Waals surface area contributed by atoms with E-state index in [-0.39, 0.29) is 17.7 Å². The fraction of sp³-hybridized carbons (Fsp3) is 0.667. The average Bonchev–Trinajstić information content (AvgIpc) is 3.12. The van der Waals surface area contributed by atoms with Crippen LogP contribution in [0.1, 0.15) is 45.8 Å². The molecule has 1 aliphatic carbocycles. The lowest BCUT2D eigenvalue weighted by atomic mass is 9.99. The van der Waals surface area contributed by atoms with E-state index in [1.165, 1.54) is 30.3 Å². The molecule has 1 atom stereocenters. The van der Waals surface area contributed by atoms with E-state index >= 15 is 0 Å². The summed E-state index contributed by atoms with van der Waals surface area (Å²) in [7, 11) is -1.87. The van der Waals surface area contributed by atoms with Gasteiger partial charge in [-0.3, -0.25) is 4.79 Å². The summed E-state index contributed by atoms with van der Waals surface area (Å²) < 4.78 is 25.9. The van der Waals surface area contributed by atoms with E-state index in [0.717, 1.165) is 30.6 Å². The number of nitrogens with zero attached hydrogens (tertiary/aromatic N) is 1. The van der Waals surface area contributed by atoms with Crippen LogP contribution in [-0.4, -0.2) is 44.6 Å². The Hall–Kier alpha value is -0.920. The minimum Gasteiger partial charge on any atom is -0.334 e. The van der Waals surface area contributed by atoms with Crippen molar-refractivity contribution >= 4 is 27.3 Å². The molecule has 1 saturated heterocycles. The van der Waals surface area contributed by atoms with Crippen LogP contribution in [0.15, 0.2) is 6.07 Å². The number of aryl methyl sites for hydroxylation is 2. The number of carbonyl (C=O) groups excluding carboxylic acids is 1. The van der Waals surface area contributed by atoms with Gasteiger partial charge in [0.05, 0.1) is 10.6 Å². The summed E-state index contributed by atoms with van der Waals surface area (Å²) in [5.74, 6) is 0.00792. The first-order valence-corrected chi connectivity index (χ1v) is 10.3. The lowest BCUT2D eigenvalue weighted by Crippen LogP contribution is -2.41. The molecule has 2 aliphatic rings. The number of hydrogen-bond acceptors (Lipinski definition) is 4. The first-order chi connectivity index (χ1) is 10.5. The molecule has 0 spiro atoms. The molecule has 0 unspecified atom stereocenters. The highest BCUT2D eigenvalue weighted by atomic mass is 32.2. The van der Waals surface area contributed by atoms with Crippen molar-refractivity contribution in [3.05, 3.63) is 21.4 Å². The zero-order valence-electron chi connectivity index (χ0n) is 12.8. The molecule has 0 bridgehead atoms. The average molecular weight is 342 g/mol. The summed E-state index contributed by atoms with van der Waals surface area (Å²) >= 11 is 1.60. The predicted octanol–water partition coefficient (Wildman–Crippen LogP) is 1.78. The number of fused-ring (bicyclic) bond motifs is 1. The Bertz CT molecular complexity index is 643. The number of amides is 1. The number of hydrogen-bond donors (Lipinski definition) is 1. The summed E-state index contributed by atoms with van der Waals surface area (Å²) in [4.78, 5) is 16.6. The fourth-order valence-electron chi connectivity index (χ4n) is 3.35. The van der Waals surface area contributed by atoms with Gasteiger partial charge in [-0.15, -0.1) is 11.3 Å². The van der Waals surface area contributed by atoms with Crippen LogP contribution in [0.2, 0.25) is 0 Å². The van der Waals surface area contributed by atoms with Crippen LogP contribution in [0.5, 0.6) is 0 Å². The van der Waals surface area contributed by atoms with Crippen LogP contribution in [0, 0.1) is 0 Å². The third-order valence-electron chi connectivity index (χ3n) is 4.57. The van der Waals surface area contributed by atoms with Gasteiger partial charge in [-0.05, 0) is 57.2 Å². The largest absolute Gasteiger partial charge is 0.334 e. The first kappa shape index (κ1) is 16.0. The number of thiophene rings is 1. The van der Waals surface area contributed by atoms with Gasteiger partial charge in [0, 0.05) is 17.5 Å². The van der Waals surface area contributed by atoms with Crippen molar-refractivity contribution in [2.24, 2.45) is 0 Å². The monoisotopic (exact) mass is 342 g/mol. The Morgan fingerprint density at radius 1 is 1.36 bits per heavy atom. The van der Waals surface area contributed by atoms with Crippen molar-refractivity contribution in [1.82, 2.24) is 9.62 Å². The van der Waals surface area contributed by atoms with E-state index in [1.807, 2.05) is 6.07 Å². The Balaban J connectivity index is 1.77. The van der Waals surface area contributed by atoms with Crippen LogP contribution in [0.4, 0.5) is 0 Å². The summed E-state index contributed by atoms with van der Waals surface area (Å²) in [5.41, 5.74) is 1.32. The minimum absolute atomic E-state index is 0.000327. The molecule has 1 fully saturated rings. The van der Waals surface area contributed by atoms with Crippen LogP contribution in [0.3, 0.4) is 0 Å². The Morgan fingerprint density at radius 2 is 2.14 bits per heavy atom. The van der Waals surface area contributed by atoms with E-state index in [4.69, 9.17) is 0 Å². The highest BCUT2D eigenvalue weighted by molar-refractivity contribution is 7.89. The van der Waals surface area contributed by atoms with Gasteiger partial charge >= 0.3 is 0 Å². The van der Waals surface area contributed by atoms with Gasteiger partial charge in [-0.2, -0.15) is 0 Å². The van der Waals surface area contributed by atoms with Gasteiger partial charge in [-0.1, -0.05) is 0 Å². The van der Waals surface area contributed by atoms with Crippen LogP contribution in [-0.2, 0) is 22.9 Å². The zero-order chi connectivity index (χ0) is 15.7. The van der Waals surface area contributed by atoms with E-state index in [1.54, 1.807) is 16.2 Å². The molecule has 3 rings (SSSR count). The van der Waals surface area contributed by atoms with Crippen molar-refractivity contribution in [3.8, 4) is 0 Å². The lowest BCUT2D eigenvalue weighted by Gasteiger charge is -2.23. The Kier molecular flexibility index (Phi) is 4.56. The zero-order valence-corrected chi connectivity index (χ0v) is 14.4.